The van der Waals surface area contributed by atoms with Gasteiger partial charge in [-0.25, -0.2) is 4.98 Å². The number of fused-ring (bicyclic) bond motifs is 1. The van der Waals surface area contributed by atoms with Gasteiger partial charge in [0.2, 0.25) is 0 Å². The Labute approximate surface area is 137 Å². The molecule has 1 heterocycles. The van der Waals surface area contributed by atoms with Crippen LogP contribution in [0.3, 0.4) is 0 Å². The normalized spacial score (nSPS) is 10.8. The van der Waals surface area contributed by atoms with E-state index in [1.807, 2.05) is 19.1 Å². The van der Waals surface area contributed by atoms with E-state index in [1.54, 1.807) is 18.2 Å². The van der Waals surface area contributed by atoms with Gasteiger partial charge in [0.15, 0.2) is 10.9 Å². The number of ether oxygens (including phenoxy) is 1. The van der Waals surface area contributed by atoms with Crippen molar-refractivity contribution in [3.05, 3.63) is 58.1 Å². The second kappa shape index (κ2) is 6.70. The summed E-state index contributed by atoms with van der Waals surface area (Å²) in [5.74, 6) is 0.934. The number of benzene rings is 2. The Morgan fingerprint density at radius 3 is 2.96 bits per heavy atom. The van der Waals surface area contributed by atoms with Crippen molar-refractivity contribution >= 4 is 28.5 Å². The molecule has 2 aromatic carbocycles. The zero-order valence-corrected chi connectivity index (χ0v) is 13.3. The van der Waals surface area contributed by atoms with Crippen LogP contribution in [0.5, 0.6) is 5.75 Å². The number of H-pyrrole nitrogens is 1. The smallest absolute Gasteiger partial charge is 0.310 e. The Balaban J connectivity index is 1.58. The van der Waals surface area contributed by atoms with Crippen molar-refractivity contribution in [3.8, 4) is 5.75 Å². The quantitative estimate of drug-likeness (QED) is 0.320. The predicted octanol–water partition coefficient (Wildman–Crippen LogP) is 3.95. The van der Waals surface area contributed by atoms with E-state index in [0.717, 1.165) is 16.2 Å². The van der Waals surface area contributed by atoms with Gasteiger partial charge in [0, 0.05) is 11.8 Å². The van der Waals surface area contributed by atoms with Crippen molar-refractivity contribution in [2.24, 2.45) is 0 Å². The molecule has 0 aliphatic heterocycles. The molecule has 1 N–H and O–H groups in total. The fourth-order valence-corrected chi connectivity index (χ4v) is 2.89. The second-order valence-corrected chi connectivity index (χ2v) is 6.07. The highest BCUT2D eigenvalue weighted by molar-refractivity contribution is 7.99. The first-order valence-electron chi connectivity index (χ1n) is 7.09. The lowest BCUT2D eigenvalue weighted by atomic mass is 10.2. The molecule has 0 radical (unpaired) electrons. The molecule has 0 saturated heterocycles. The first-order chi connectivity index (χ1) is 11.1. The van der Waals surface area contributed by atoms with E-state index in [1.165, 1.54) is 23.4 Å². The maximum atomic E-state index is 10.9. The highest BCUT2D eigenvalue weighted by Crippen LogP contribution is 2.26. The molecule has 0 fully saturated rings. The van der Waals surface area contributed by atoms with Gasteiger partial charge in [0.1, 0.15) is 0 Å². The summed E-state index contributed by atoms with van der Waals surface area (Å²) in [6.45, 7) is 2.40. The van der Waals surface area contributed by atoms with E-state index in [4.69, 9.17) is 4.74 Å². The van der Waals surface area contributed by atoms with Crippen molar-refractivity contribution in [2.75, 3.05) is 12.4 Å². The minimum atomic E-state index is -0.440. The van der Waals surface area contributed by atoms with Crippen LogP contribution in [0.15, 0.2) is 47.6 Å². The maximum Gasteiger partial charge on any atom is 0.310 e. The van der Waals surface area contributed by atoms with E-state index < -0.39 is 4.92 Å². The number of nitro benzene ring substituents is 1. The van der Waals surface area contributed by atoms with Crippen LogP contribution in [-0.2, 0) is 0 Å². The molecule has 3 rings (SSSR count). The van der Waals surface area contributed by atoms with Gasteiger partial charge in [-0.2, -0.15) is 0 Å². The van der Waals surface area contributed by atoms with Crippen LogP contribution in [0.4, 0.5) is 5.69 Å². The molecule has 0 spiro atoms. The summed E-state index contributed by atoms with van der Waals surface area (Å²) in [6, 6.07) is 12.4. The van der Waals surface area contributed by atoms with Crippen molar-refractivity contribution < 1.29 is 9.66 Å². The van der Waals surface area contributed by atoms with Gasteiger partial charge in [-0.1, -0.05) is 30.0 Å². The molecular formula is C16H15N3O3S. The Morgan fingerprint density at radius 1 is 1.30 bits per heavy atom. The molecule has 23 heavy (non-hydrogen) atoms. The third kappa shape index (κ3) is 3.62. The molecule has 7 heteroatoms. The number of aromatic amines is 1. The van der Waals surface area contributed by atoms with Gasteiger partial charge in [0.25, 0.3) is 0 Å². The second-order valence-electron chi connectivity index (χ2n) is 4.98. The van der Waals surface area contributed by atoms with E-state index in [-0.39, 0.29) is 5.69 Å². The first-order valence-corrected chi connectivity index (χ1v) is 8.07. The van der Waals surface area contributed by atoms with Gasteiger partial charge in [-0.05, 0) is 30.7 Å². The largest absolute Gasteiger partial charge is 0.486 e. The fraction of sp³-hybridized carbons (Fsp3) is 0.188. The molecule has 3 aromatic rings. The number of nitro groups is 1. The molecule has 0 aliphatic carbocycles. The number of nitrogens with one attached hydrogen (secondary N) is 1. The van der Waals surface area contributed by atoms with Crippen molar-refractivity contribution in [2.45, 2.75) is 12.1 Å². The third-order valence-electron chi connectivity index (χ3n) is 3.26. The standard InChI is InChI=1S/C16H15N3O3S/c1-11-6-7-12-13(10-11)18-16(17-12)23-9-8-22-15-5-3-2-4-14(15)19(20)21/h2-7,10H,8-9H2,1H3,(H,17,18). The molecule has 0 bridgehead atoms. The zero-order chi connectivity index (χ0) is 16.2. The summed E-state index contributed by atoms with van der Waals surface area (Å²) in [5, 5.41) is 11.7. The number of para-hydroxylation sites is 2. The van der Waals surface area contributed by atoms with E-state index >= 15 is 0 Å². The van der Waals surface area contributed by atoms with Crippen molar-refractivity contribution in [1.82, 2.24) is 9.97 Å². The lowest BCUT2D eigenvalue weighted by Gasteiger charge is -2.05. The first kappa shape index (κ1) is 15.4. The molecule has 6 nitrogen and oxygen atoms in total. The van der Waals surface area contributed by atoms with E-state index in [2.05, 4.69) is 16.0 Å². The van der Waals surface area contributed by atoms with Gasteiger partial charge in [-0.3, -0.25) is 10.1 Å². The van der Waals surface area contributed by atoms with Gasteiger partial charge < -0.3 is 9.72 Å². The number of hydrogen-bond donors (Lipinski definition) is 1. The lowest BCUT2D eigenvalue weighted by Crippen LogP contribution is -2.02. The molecule has 0 atom stereocenters. The number of imidazole rings is 1. The van der Waals surface area contributed by atoms with Crippen LogP contribution in [0.25, 0.3) is 11.0 Å². The Kier molecular flexibility index (Phi) is 4.47. The lowest BCUT2D eigenvalue weighted by molar-refractivity contribution is -0.385. The highest BCUT2D eigenvalue weighted by Gasteiger charge is 2.13. The molecule has 118 valence electrons. The van der Waals surface area contributed by atoms with Crippen LogP contribution < -0.4 is 4.74 Å². The van der Waals surface area contributed by atoms with Crippen LogP contribution >= 0.6 is 11.8 Å². The number of aromatic nitrogens is 2. The fourth-order valence-electron chi connectivity index (χ4n) is 2.19. The summed E-state index contributed by atoms with van der Waals surface area (Å²) in [6.07, 6.45) is 0. The number of nitrogens with zero attached hydrogens (tertiary/aromatic N) is 2. The number of aryl methyl sites for hydroxylation is 1. The molecule has 0 unspecified atom stereocenters. The number of rotatable bonds is 6. The maximum absolute atomic E-state index is 10.9. The van der Waals surface area contributed by atoms with Gasteiger partial charge in [-0.15, -0.1) is 0 Å². The molecule has 1 aromatic heterocycles. The SMILES string of the molecule is Cc1ccc2nc(SCCOc3ccccc3[N+](=O)[O-])[nH]c2c1. The molecule has 0 aliphatic rings. The van der Waals surface area contributed by atoms with Crippen LogP contribution in [0.2, 0.25) is 0 Å². The van der Waals surface area contributed by atoms with Crippen LogP contribution in [-0.4, -0.2) is 27.3 Å². The van der Waals surface area contributed by atoms with Crippen molar-refractivity contribution in [1.29, 1.82) is 0 Å². The summed E-state index contributed by atoms with van der Waals surface area (Å²) in [5.41, 5.74) is 3.10. The Hall–Kier alpha value is -2.54. The minimum absolute atomic E-state index is 0.0169. The average molecular weight is 329 g/mol. The molecule has 0 amide bonds. The van der Waals surface area contributed by atoms with Crippen LogP contribution in [0.1, 0.15) is 5.56 Å². The topological polar surface area (TPSA) is 81.1 Å². The predicted molar refractivity (Wildman–Crippen MR) is 90.1 cm³/mol. The summed E-state index contributed by atoms with van der Waals surface area (Å²) in [4.78, 5) is 18.2. The monoisotopic (exact) mass is 329 g/mol. The summed E-state index contributed by atoms with van der Waals surface area (Å²) >= 11 is 1.52. The van der Waals surface area contributed by atoms with Gasteiger partial charge in [0.05, 0.1) is 22.6 Å². The minimum Gasteiger partial charge on any atom is -0.486 e. The molecular weight excluding hydrogens is 314 g/mol. The average Bonchev–Trinajstić information content (AvgIpc) is 2.93. The third-order valence-corrected chi connectivity index (χ3v) is 4.09. The van der Waals surface area contributed by atoms with Crippen LogP contribution in [0, 0.1) is 17.0 Å². The molecule has 0 saturated carbocycles. The Bertz CT molecular complexity index is 847. The van der Waals surface area contributed by atoms with E-state index in [9.17, 15) is 10.1 Å². The van der Waals surface area contributed by atoms with E-state index in [0.29, 0.717) is 18.1 Å². The summed E-state index contributed by atoms with van der Waals surface area (Å²) < 4.78 is 5.51. The number of hydrogen-bond acceptors (Lipinski definition) is 5. The number of thioether (sulfide) groups is 1. The zero-order valence-electron chi connectivity index (χ0n) is 12.5. The Morgan fingerprint density at radius 2 is 2.13 bits per heavy atom. The highest BCUT2D eigenvalue weighted by atomic mass is 32.2. The van der Waals surface area contributed by atoms with Gasteiger partial charge >= 0.3 is 5.69 Å². The summed E-state index contributed by atoms with van der Waals surface area (Å²) in [7, 11) is 0. The van der Waals surface area contributed by atoms with Crippen molar-refractivity contribution in [3.63, 3.8) is 0 Å².